The van der Waals surface area contributed by atoms with Crippen LogP contribution < -0.4 is 15.4 Å². The summed E-state index contributed by atoms with van der Waals surface area (Å²) >= 11 is 0. The van der Waals surface area contributed by atoms with Gasteiger partial charge in [0, 0.05) is 20.6 Å². The Morgan fingerprint density at radius 3 is 2.55 bits per heavy atom. The summed E-state index contributed by atoms with van der Waals surface area (Å²) in [6.07, 6.45) is -0.00136. The summed E-state index contributed by atoms with van der Waals surface area (Å²) in [4.78, 5) is 19.7. The van der Waals surface area contributed by atoms with Crippen LogP contribution in [0.4, 0.5) is 11.5 Å². The van der Waals surface area contributed by atoms with Crippen molar-refractivity contribution in [3.63, 3.8) is 0 Å². The van der Waals surface area contributed by atoms with E-state index in [0.29, 0.717) is 23.9 Å². The van der Waals surface area contributed by atoms with Crippen molar-refractivity contribution in [1.29, 1.82) is 0 Å². The predicted molar refractivity (Wildman–Crippen MR) is 81.0 cm³/mol. The van der Waals surface area contributed by atoms with E-state index in [4.69, 9.17) is 10.5 Å². The number of hydrogen-bond acceptors (Lipinski definition) is 5. The van der Waals surface area contributed by atoms with Crippen molar-refractivity contribution in [3.05, 3.63) is 12.1 Å². The molecule has 0 spiro atoms. The quantitative estimate of drug-likeness (QED) is 0.852. The molecule has 112 valence electrons. The van der Waals surface area contributed by atoms with Crippen LogP contribution in [0.5, 0.6) is 5.88 Å². The van der Waals surface area contributed by atoms with Crippen molar-refractivity contribution >= 4 is 17.4 Å². The third-order valence-corrected chi connectivity index (χ3v) is 2.75. The molecule has 0 aliphatic heterocycles. The fourth-order valence-corrected chi connectivity index (χ4v) is 1.59. The molecule has 0 aromatic carbocycles. The highest BCUT2D eigenvalue weighted by Crippen LogP contribution is 2.24. The number of hydrogen-bond donors (Lipinski definition) is 1. The number of ether oxygens (including phenoxy) is 1. The zero-order valence-electron chi connectivity index (χ0n) is 12.9. The molecule has 0 atom stereocenters. The van der Waals surface area contributed by atoms with Gasteiger partial charge in [-0.2, -0.15) is 4.98 Å². The highest BCUT2D eigenvalue weighted by atomic mass is 16.5. The fourth-order valence-electron chi connectivity index (χ4n) is 1.59. The topological polar surface area (TPSA) is 71.7 Å². The van der Waals surface area contributed by atoms with Crippen molar-refractivity contribution in [1.82, 2.24) is 9.88 Å². The monoisotopic (exact) mass is 280 g/mol. The molecule has 6 heteroatoms. The summed E-state index contributed by atoms with van der Waals surface area (Å²) in [5.74, 6) is 1.12. The lowest BCUT2D eigenvalue weighted by atomic mass is 10.3. The number of nitrogen functional groups attached to an aromatic ring is 1. The molecule has 0 saturated heterocycles. The standard InChI is InChI=1S/C14H24N4O2/c1-6-18(9-13(19)17(4)5)12-8-7-11(15)14(16-12)20-10(2)3/h7-8,10H,6,9,15H2,1-5H3. The van der Waals surface area contributed by atoms with Crippen LogP contribution in [0.2, 0.25) is 0 Å². The van der Waals surface area contributed by atoms with Crippen LogP contribution >= 0.6 is 0 Å². The van der Waals surface area contributed by atoms with E-state index in [1.165, 1.54) is 0 Å². The van der Waals surface area contributed by atoms with Crippen molar-refractivity contribution in [2.45, 2.75) is 26.9 Å². The molecule has 6 nitrogen and oxygen atoms in total. The lowest BCUT2D eigenvalue weighted by Gasteiger charge is -2.24. The minimum atomic E-state index is -0.00136. The number of pyridine rings is 1. The van der Waals surface area contributed by atoms with Crippen LogP contribution in [0, 0.1) is 0 Å². The van der Waals surface area contributed by atoms with Gasteiger partial charge < -0.3 is 20.3 Å². The van der Waals surface area contributed by atoms with E-state index < -0.39 is 0 Å². The Morgan fingerprint density at radius 1 is 1.40 bits per heavy atom. The van der Waals surface area contributed by atoms with Gasteiger partial charge in [0.05, 0.1) is 18.3 Å². The van der Waals surface area contributed by atoms with Gasteiger partial charge in [-0.3, -0.25) is 4.79 Å². The Kier molecular flexibility index (Phi) is 5.61. The maximum absolute atomic E-state index is 11.8. The molecule has 1 aromatic heterocycles. The van der Waals surface area contributed by atoms with Crippen LogP contribution in [0.25, 0.3) is 0 Å². The Hall–Kier alpha value is -1.98. The zero-order chi connectivity index (χ0) is 15.3. The molecular weight excluding hydrogens is 256 g/mol. The van der Waals surface area contributed by atoms with Crippen LogP contribution in [-0.4, -0.2) is 49.1 Å². The molecule has 1 rings (SSSR count). The summed E-state index contributed by atoms with van der Waals surface area (Å²) in [6, 6.07) is 3.55. The number of nitrogens with two attached hydrogens (primary N) is 1. The van der Waals surface area contributed by atoms with Crippen molar-refractivity contribution in [2.24, 2.45) is 0 Å². The Balaban J connectivity index is 2.95. The molecule has 0 fully saturated rings. The summed E-state index contributed by atoms with van der Waals surface area (Å²) in [6.45, 7) is 6.77. The summed E-state index contributed by atoms with van der Waals surface area (Å²) in [5, 5.41) is 0. The van der Waals surface area contributed by atoms with Crippen molar-refractivity contribution < 1.29 is 9.53 Å². The van der Waals surface area contributed by atoms with Gasteiger partial charge in [0.2, 0.25) is 11.8 Å². The van der Waals surface area contributed by atoms with E-state index in [0.717, 1.165) is 0 Å². The maximum Gasteiger partial charge on any atom is 0.241 e. The van der Waals surface area contributed by atoms with Crippen LogP contribution in [-0.2, 0) is 4.79 Å². The molecule has 0 unspecified atom stereocenters. The predicted octanol–water partition coefficient (Wildman–Crippen LogP) is 1.37. The number of rotatable bonds is 6. The van der Waals surface area contributed by atoms with E-state index in [1.54, 1.807) is 31.1 Å². The molecule has 2 N–H and O–H groups in total. The van der Waals surface area contributed by atoms with Crippen molar-refractivity contribution in [3.8, 4) is 5.88 Å². The molecular formula is C14H24N4O2. The first-order valence-electron chi connectivity index (χ1n) is 6.73. The third kappa shape index (κ3) is 4.29. The number of anilines is 2. The second-order valence-electron chi connectivity index (χ2n) is 5.03. The lowest BCUT2D eigenvalue weighted by molar-refractivity contribution is -0.127. The van der Waals surface area contributed by atoms with Crippen LogP contribution in [0.1, 0.15) is 20.8 Å². The molecule has 0 saturated carbocycles. The molecule has 1 aromatic rings. The summed E-state index contributed by atoms with van der Waals surface area (Å²) < 4.78 is 5.57. The first-order valence-corrected chi connectivity index (χ1v) is 6.73. The Morgan fingerprint density at radius 2 is 2.05 bits per heavy atom. The van der Waals surface area contributed by atoms with E-state index >= 15 is 0 Å². The van der Waals surface area contributed by atoms with Gasteiger partial charge in [0.25, 0.3) is 0 Å². The molecule has 1 heterocycles. The van der Waals surface area contributed by atoms with Gasteiger partial charge in [0.15, 0.2) is 0 Å². The summed E-state index contributed by atoms with van der Waals surface area (Å²) in [5.41, 5.74) is 6.35. The minimum absolute atomic E-state index is 0.00136. The van der Waals surface area contributed by atoms with E-state index in [-0.39, 0.29) is 18.6 Å². The largest absolute Gasteiger partial charge is 0.473 e. The zero-order valence-corrected chi connectivity index (χ0v) is 12.9. The molecule has 0 bridgehead atoms. The van der Waals surface area contributed by atoms with Crippen molar-refractivity contribution in [2.75, 3.05) is 37.8 Å². The van der Waals surface area contributed by atoms with Gasteiger partial charge in [-0.15, -0.1) is 0 Å². The Labute approximate surface area is 120 Å². The summed E-state index contributed by atoms with van der Waals surface area (Å²) in [7, 11) is 3.47. The second-order valence-corrected chi connectivity index (χ2v) is 5.03. The second kappa shape index (κ2) is 6.98. The molecule has 20 heavy (non-hydrogen) atoms. The van der Waals surface area contributed by atoms with E-state index in [1.807, 2.05) is 25.7 Å². The Bertz CT molecular complexity index is 460. The highest BCUT2D eigenvalue weighted by molar-refractivity contribution is 5.80. The van der Waals surface area contributed by atoms with Gasteiger partial charge in [0.1, 0.15) is 5.82 Å². The number of carbonyl (C=O) groups excluding carboxylic acids is 1. The minimum Gasteiger partial charge on any atom is -0.473 e. The average molecular weight is 280 g/mol. The first kappa shape index (κ1) is 16.1. The molecule has 1 amide bonds. The van der Waals surface area contributed by atoms with Gasteiger partial charge in [-0.25, -0.2) is 0 Å². The molecule has 0 aliphatic carbocycles. The SMILES string of the molecule is CCN(CC(=O)N(C)C)c1ccc(N)c(OC(C)C)n1. The molecule has 0 radical (unpaired) electrons. The normalized spacial score (nSPS) is 10.5. The number of aromatic nitrogens is 1. The molecule has 0 aliphatic rings. The van der Waals surface area contributed by atoms with Gasteiger partial charge in [-0.1, -0.05) is 0 Å². The highest BCUT2D eigenvalue weighted by Gasteiger charge is 2.15. The average Bonchev–Trinajstić information content (AvgIpc) is 2.37. The number of nitrogens with zero attached hydrogens (tertiary/aromatic N) is 3. The van der Waals surface area contributed by atoms with Gasteiger partial charge >= 0.3 is 0 Å². The lowest BCUT2D eigenvalue weighted by Crippen LogP contribution is -2.37. The van der Waals surface area contributed by atoms with Gasteiger partial charge in [-0.05, 0) is 32.9 Å². The van der Waals surface area contributed by atoms with E-state index in [2.05, 4.69) is 4.98 Å². The smallest absolute Gasteiger partial charge is 0.241 e. The fraction of sp³-hybridized carbons (Fsp3) is 0.571. The van der Waals surface area contributed by atoms with Crippen LogP contribution in [0.15, 0.2) is 12.1 Å². The van der Waals surface area contributed by atoms with E-state index in [9.17, 15) is 4.79 Å². The maximum atomic E-state index is 11.8. The first-order chi connectivity index (χ1) is 9.35. The number of amides is 1. The number of carbonyl (C=O) groups is 1. The van der Waals surface area contributed by atoms with Crippen LogP contribution in [0.3, 0.4) is 0 Å². The number of likely N-dealkylation sites (N-methyl/N-ethyl adjacent to an activating group) is 2. The third-order valence-electron chi connectivity index (χ3n) is 2.75.